The van der Waals surface area contributed by atoms with Gasteiger partial charge in [0, 0.05) is 37.1 Å². The van der Waals surface area contributed by atoms with E-state index in [0.29, 0.717) is 12.1 Å². The van der Waals surface area contributed by atoms with Crippen LogP contribution in [0.2, 0.25) is 0 Å². The molecule has 0 amide bonds. The molecule has 2 N–H and O–H groups in total. The molecule has 2 aliphatic carbocycles. The number of aliphatic hydroxyl groups is 1. The highest BCUT2D eigenvalue weighted by atomic mass is 16.3. The third kappa shape index (κ3) is 3.47. The van der Waals surface area contributed by atoms with Crippen molar-refractivity contribution in [1.82, 2.24) is 19.8 Å². The quantitative estimate of drug-likeness (QED) is 0.829. The minimum atomic E-state index is -0.0556. The highest BCUT2D eigenvalue weighted by molar-refractivity contribution is 5.01. The number of nitrogens with zero attached hydrogens (tertiary/aromatic N) is 3. The number of nitrogens with one attached hydrogen (secondary N) is 1. The molecular weight excluding hydrogens is 264 g/mol. The van der Waals surface area contributed by atoms with Crippen LogP contribution in [0.25, 0.3) is 0 Å². The van der Waals surface area contributed by atoms with Crippen LogP contribution in [0.15, 0.2) is 12.4 Å². The molecule has 0 bridgehead atoms. The zero-order valence-electron chi connectivity index (χ0n) is 13.3. The van der Waals surface area contributed by atoms with Crippen molar-refractivity contribution in [2.24, 2.45) is 7.05 Å². The minimum Gasteiger partial charge on any atom is -0.394 e. The van der Waals surface area contributed by atoms with Crippen molar-refractivity contribution in [3.63, 3.8) is 0 Å². The van der Waals surface area contributed by atoms with Gasteiger partial charge in [0.1, 0.15) is 5.82 Å². The third-order valence-corrected chi connectivity index (χ3v) is 5.14. The molecule has 2 fully saturated rings. The fourth-order valence-corrected chi connectivity index (χ4v) is 3.59. The maximum Gasteiger partial charge on any atom is 0.122 e. The lowest BCUT2D eigenvalue weighted by molar-refractivity contribution is 0.0644. The Hall–Kier alpha value is -0.910. The first-order valence-electron chi connectivity index (χ1n) is 8.17. The molecule has 0 radical (unpaired) electrons. The number of aromatic nitrogens is 2. The van der Waals surface area contributed by atoms with Crippen molar-refractivity contribution in [3.05, 3.63) is 18.2 Å². The van der Waals surface area contributed by atoms with Gasteiger partial charge in [-0.3, -0.25) is 4.90 Å². The maximum atomic E-state index is 9.92. The van der Waals surface area contributed by atoms with E-state index in [9.17, 15) is 5.11 Å². The number of aryl methyl sites for hydroxylation is 1. The molecule has 5 heteroatoms. The summed E-state index contributed by atoms with van der Waals surface area (Å²) in [4.78, 5) is 6.83. The first-order chi connectivity index (χ1) is 10.1. The summed E-state index contributed by atoms with van der Waals surface area (Å²) >= 11 is 0. The molecule has 0 aliphatic heterocycles. The molecule has 5 nitrogen and oxygen atoms in total. The number of hydrogen-bond donors (Lipinski definition) is 2. The van der Waals surface area contributed by atoms with E-state index in [0.717, 1.165) is 25.2 Å². The van der Waals surface area contributed by atoms with Crippen molar-refractivity contribution in [1.29, 1.82) is 0 Å². The first-order valence-corrected chi connectivity index (χ1v) is 8.17. The molecule has 0 saturated heterocycles. The van der Waals surface area contributed by atoms with Gasteiger partial charge in [-0.05, 0) is 45.6 Å². The van der Waals surface area contributed by atoms with Crippen LogP contribution >= 0.6 is 0 Å². The summed E-state index contributed by atoms with van der Waals surface area (Å²) in [5, 5.41) is 13.6. The summed E-state index contributed by atoms with van der Waals surface area (Å²) < 4.78 is 2.08. The van der Waals surface area contributed by atoms with Gasteiger partial charge >= 0.3 is 0 Å². The molecule has 3 rings (SSSR count). The smallest absolute Gasteiger partial charge is 0.122 e. The second kappa shape index (κ2) is 6.07. The van der Waals surface area contributed by atoms with Crippen LogP contribution in [0.5, 0.6) is 0 Å². The van der Waals surface area contributed by atoms with E-state index in [1.54, 1.807) is 0 Å². The lowest BCUT2D eigenvalue weighted by Crippen LogP contribution is -2.56. The molecule has 1 heterocycles. The molecule has 21 heavy (non-hydrogen) atoms. The SMILES string of the molecule is CN(Cc1nccn1C)C1CCCC(CO)(NC2CC2)C1. The Balaban J connectivity index is 1.62. The van der Waals surface area contributed by atoms with Crippen molar-refractivity contribution in [2.75, 3.05) is 13.7 Å². The number of aliphatic hydroxyl groups excluding tert-OH is 1. The van der Waals surface area contributed by atoms with Gasteiger partial charge < -0.3 is 15.0 Å². The van der Waals surface area contributed by atoms with E-state index in [4.69, 9.17) is 0 Å². The Morgan fingerprint density at radius 3 is 2.90 bits per heavy atom. The minimum absolute atomic E-state index is 0.0556. The van der Waals surface area contributed by atoms with Gasteiger partial charge in [0.05, 0.1) is 13.2 Å². The summed E-state index contributed by atoms with van der Waals surface area (Å²) in [6.07, 6.45) is 11.0. The van der Waals surface area contributed by atoms with Crippen LogP contribution in [-0.2, 0) is 13.6 Å². The predicted molar refractivity (Wildman–Crippen MR) is 82.9 cm³/mol. The molecule has 0 aromatic carbocycles. The molecule has 1 aromatic heterocycles. The van der Waals surface area contributed by atoms with Gasteiger partial charge in [0.15, 0.2) is 0 Å². The fourth-order valence-electron chi connectivity index (χ4n) is 3.59. The molecule has 118 valence electrons. The second-order valence-corrected chi connectivity index (χ2v) is 6.98. The molecule has 0 spiro atoms. The van der Waals surface area contributed by atoms with Crippen molar-refractivity contribution in [2.45, 2.75) is 62.7 Å². The summed E-state index contributed by atoms with van der Waals surface area (Å²) in [6, 6.07) is 1.17. The Labute approximate surface area is 127 Å². The van der Waals surface area contributed by atoms with Crippen molar-refractivity contribution in [3.8, 4) is 0 Å². The zero-order chi connectivity index (χ0) is 14.9. The summed E-state index contributed by atoms with van der Waals surface area (Å²) in [7, 11) is 4.23. The molecule has 1 aromatic rings. The fraction of sp³-hybridized carbons (Fsp3) is 0.812. The molecule has 2 aliphatic rings. The van der Waals surface area contributed by atoms with Gasteiger partial charge in [-0.15, -0.1) is 0 Å². The highest BCUT2D eigenvalue weighted by Crippen LogP contribution is 2.34. The molecule has 2 atom stereocenters. The largest absolute Gasteiger partial charge is 0.394 e. The molecular formula is C16H28N4O. The van der Waals surface area contributed by atoms with Crippen LogP contribution in [-0.4, -0.2) is 50.8 Å². The van der Waals surface area contributed by atoms with Gasteiger partial charge in [0.2, 0.25) is 0 Å². The van der Waals surface area contributed by atoms with Crippen LogP contribution in [0, 0.1) is 0 Å². The van der Waals surface area contributed by atoms with Crippen molar-refractivity contribution >= 4 is 0 Å². The average Bonchev–Trinajstić information content (AvgIpc) is 3.21. The normalized spacial score (nSPS) is 30.0. The number of rotatable bonds is 6. The summed E-state index contributed by atoms with van der Waals surface area (Å²) in [5.74, 6) is 1.10. The average molecular weight is 292 g/mol. The lowest BCUT2D eigenvalue weighted by atomic mass is 9.78. The van der Waals surface area contributed by atoms with E-state index in [2.05, 4.69) is 26.8 Å². The van der Waals surface area contributed by atoms with Crippen LogP contribution < -0.4 is 5.32 Å². The summed E-state index contributed by atoms with van der Waals surface area (Å²) in [6.45, 7) is 1.13. The van der Waals surface area contributed by atoms with Crippen LogP contribution in [0.1, 0.15) is 44.3 Å². The molecule has 2 saturated carbocycles. The number of imidazole rings is 1. The van der Waals surface area contributed by atoms with Gasteiger partial charge in [-0.25, -0.2) is 4.98 Å². The van der Waals surface area contributed by atoms with Gasteiger partial charge in [-0.2, -0.15) is 0 Å². The first kappa shape index (κ1) is 15.0. The van der Waals surface area contributed by atoms with Crippen molar-refractivity contribution < 1.29 is 5.11 Å². The van der Waals surface area contributed by atoms with E-state index >= 15 is 0 Å². The standard InChI is InChI=1S/C16H28N4O/c1-19-9-8-17-15(19)11-20(2)14-4-3-7-16(10-14,12-21)18-13-5-6-13/h8-9,13-14,18,21H,3-7,10-12H2,1-2H3. The number of hydrogen-bond acceptors (Lipinski definition) is 4. The highest BCUT2D eigenvalue weighted by Gasteiger charge is 2.40. The van der Waals surface area contributed by atoms with Crippen LogP contribution in [0.3, 0.4) is 0 Å². The predicted octanol–water partition coefficient (Wildman–Crippen LogP) is 1.28. The van der Waals surface area contributed by atoms with E-state index in [-0.39, 0.29) is 12.1 Å². The van der Waals surface area contributed by atoms with E-state index < -0.39 is 0 Å². The Kier molecular flexibility index (Phi) is 4.33. The lowest BCUT2D eigenvalue weighted by Gasteiger charge is -2.43. The molecule has 2 unspecified atom stereocenters. The second-order valence-electron chi connectivity index (χ2n) is 6.98. The Morgan fingerprint density at radius 1 is 1.48 bits per heavy atom. The third-order valence-electron chi connectivity index (χ3n) is 5.14. The monoisotopic (exact) mass is 292 g/mol. The zero-order valence-corrected chi connectivity index (χ0v) is 13.3. The van der Waals surface area contributed by atoms with Gasteiger partial charge in [-0.1, -0.05) is 0 Å². The Bertz CT molecular complexity index is 471. The van der Waals surface area contributed by atoms with Crippen LogP contribution in [0.4, 0.5) is 0 Å². The maximum absolute atomic E-state index is 9.92. The van der Waals surface area contributed by atoms with E-state index in [1.165, 1.54) is 25.7 Å². The van der Waals surface area contributed by atoms with E-state index in [1.807, 2.05) is 19.4 Å². The van der Waals surface area contributed by atoms with Gasteiger partial charge in [0.25, 0.3) is 0 Å². The Morgan fingerprint density at radius 2 is 2.29 bits per heavy atom. The topological polar surface area (TPSA) is 53.3 Å². The summed E-state index contributed by atoms with van der Waals surface area (Å²) in [5.41, 5.74) is -0.0556.